The molecule has 0 bridgehead atoms. The molecule has 0 unspecified atom stereocenters. The summed E-state index contributed by atoms with van der Waals surface area (Å²) in [6.45, 7) is -0.422. The molecule has 3 heterocycles. The molecular formula is C10H12N4O5. The smallest absolute Gasteiger partial charge is 0.225 e. The van der Waals surface area contributed by atoms with Gasteiger partial charge in [0.05, 0.1) is 12.8 Å². The van der Waals surface area contributed by atoms with Crippen LogP contribution in [0, 0.1) is 0 Å². The highest BCUT2D eigenvalue weighted by atomic mass is 16.6. The molecule has 3 rings (SSSR count). The summed E-state index contributed by atoms with van der Waals surface area (Å²) < 4.78 is 6.57. The average molecular weight is 268 g/mol. The van der Waals surface area contributed by atoms with Crippen molar-refractivity contribution in [2.24, 2.45) is 0 Å². The van der Waals surface area contributed by atoms with E-state index in [0.29, 0.717) is 5.39 Å². The zero-order chi connectivity index (χ0) is 13.6. The van der Waals surface area contributed by atoms with Gasteiger partial charge in [-0.2, -0.15) is 5.10 Å². The maximum Gasteiger partial charge on any atom is 0.225 e. The van der Waals surface area contributed by atoms with Gasteiger partial charge in [-0.25, -0.2) is 14.6 Å². The highest BCUT2D eigenvalue weighted by molar-refractivity contribution is 5.79. The number of hydrogen-bond donors (Lipinski definition) is 4. The van der Waals surface area contributed by atoms with E-state index < -0.39 is 31.1 Å². The molecule has 4 atom stereocenters. The van der Waals surface area contributed by atoms with Crippen LogP contribution in [0.4, 0.5) is 0 Å². The van der Waals surface area contributed by atoms with E-state index in [1.165, 1.54) is 10.9 Å². The summed E-state index contributed by atoms with van der Waals surface area (Å²) in [5.41, 5.74) is 0.266. The summed E-state index contributed by atoms with van der Waals surface area (Å²) in [6, 6.07) is 0. The molecule has 0 saturated carbocycles. The van der Waals surface area contributed by atoms with Gasteiger partial charge in [0.25, 0.3) is 0 Å². The molecule has 0 radical (unpaired) electrons. The Morgan fingerprint density at radius 3 is 2.74 bits per heavy atom. The van der Waals surface area contributed by atoms with Crippen molar-refractivity contribution in [3.05, 3.63) is 12.5 Å². The summed E-state index contributed by atoms with van der Waals surface area (Å²) in [7, 11) is 0. The summed E-state index contributed by atoms with van der Waals surface area (Å²) in [5.74, 6) is -0.233. The van der Waals surface area contributed by atoms with Crippen molar-refractivity contribution in [1.82, 2.24) is 19.7 Å². The predicted octanol–water partition coefficient (Wildman–Crippen LogP) is -1.86. The maximum atomic E-state index is 9.91. The number of rotatable bonds is 2. The van der Waals surface area contributed by atoms with Crippen LogP contribution in [0.15, 0.2) is 12.5 Å². The Morgan fingerprint density at radius 2 is 2.05 bits per heavy atom. The van der Waals surface area contributed by atoms with E-state index in [1.54, 1.807) is 0 Å². The first kappa shape index (κ1) is 12.2. The zero-order valence-electron chi connectivity index (χ0n) is 9.66. The van der Waals surface area contributed by atoms with E-state index in [2.05, 4.69) is 15.1 Å². The standard InChI is InChI=1S/C10H12N4O5/c15-2-5-6(16)7(17)10(19-5)14-8-4(1-13-14)9(18)12-3-11-8/h1,3,5-7,10,15-17H,2H2,(H,11,12,18)/t5-,6-,7-,10-/m1/s1. The molecule has 0 aromatic carbocycles. The van der Waals surface area contributed by atoms with E-state index in [-0.39, 0.29) is 11.5 Å². The molecule has 2 aromatic heterocycles. The topological polar surface area (TPSA) is 134 Å². The summed E-state index contributed by atoms with van der Waals surface area (Å²) in [4.78, 5) is 7.56. The average Bonchev–Trinajstić information content (AvgIpc) is 2.94. The largest absolute Gasteiger partial charge is 0.493 e. The van der Waals surface area contributed by atoms with Crippen LogP contribution in [0.25, 0.3) is 11.0 Å². The number of aliphatic hydroxyl groups excluding tert-OH is 3. The van der Waals surface area contributed by atoms with Gasteiger partial charge >= 0.3 is 0 Å². The van der Waals surface area contributed by atoms with Crippen LogP contribution in [-0.2, 0) is 4.74 Å². The van der Waals surface area contributed by atoms with Crippen molar-refractivity contribution >= 4 is 11.0 Å². The lowest BCUT2D eigenvalue weighted by molar-refractivity contribution is -0.0566. The monoisotopic (exact) mass is 268 g/mol. The molecule has 0 spiro atoms. The molecule has 19 heavy (non-hydrogen) atoms. The van der Waals surface area contributed by atoms with Crippen LogP contribution in [-0.4, -0.2) is 65.1 Å². The molecule has 1 saturated heterocycles. The Hall–Kier alpha value is -1.81. The minimum atomic E-state index is -1.25. The Bertz CT molecular complexity index is 603. The van der Waals surface area contributed by atoms with Crippen LogP contribution in [0.1, 0.15) is 6.23 Å². The number of aliphatic hydroxyl groups is 3. The van der Waals surface area contributed by atoms with E-state index in [4.69, 9.17) is 9.84 Å². The van der Waals surface area contributed by atoms with Crippen LogP contribution in [0.5, 0.6) is 5.88 Å². The van der Waals surface area contributed by atoms with E-state index >= 15 is 0 Å². The fourth-order valence-corrected chi connectivity index (χ4v) is 2.12. The van der Waals surface area contributed by atoms with Crippen molar-refractivity contribution in [3.8, 4) is 5.88 Å². The van der Waals surface area contributed by atoms with Crippen molar-refractivity contribution in [2.75, 3.05) is 6.61 Å². The van der Waals surface area contributed by atoms with E-state index in [9.17, 15) is 15.3 Å². The van der Waals surface area contributed by atoms with Gasteiger partial charge in [0.2, 0.25) is 5.88 Å². The highest BCUT2D eigenvalue weighted by Crippen LogP contribution is 2.31. The zero-order valence-corrected chi connectivity index (χ0v) is 9.66. The van der Waals surface area contributed by atoms with E-state index in [0.717, 1.165) is 6.33 Å². The second-order valence-corrected chi connectivity index (χ2v) is 4.25. The number of aromatic hydroxyl groups is 1. The molecule has 4 N–H and O–H groups in total. The number of nitrogens with zero attached hydrogens (tertiary/aromatic N) is 4. The SMILES string of the molecule is OC[C@H]1O[C@@H](n2ncc3c(O)ncnc32)[C@H](O)[C@@H]1O. The Labute approximate surface area is 106 Å². The third-order valence-corrected chi connectivity index (χ3v) is 3.13. The third-order valence-electron chi connectivity index (χ3n) is 3.13. The van der Waals surface area contributed by atoms with Gasteiger partial charge in [0, 0.05) is 0 Å². The maximum absolute atomic E-state index is 9.91. The number of ether oxygens (including phenoxy) is 1. The van der Waals surface area contributed by atoms with Crippen molar-refractivity contribution in [3.63, 3.8) is 0 Å². The second kappa shape index (κ2) is 4.38. The molecule has 0 amide bonds. The van der Waals surface area contributed by atoms with Gasteiger partial charge in [-0.1, -0.05) is 0 Å². The molecule has 1 aliphatic heterocycles. The first-order valence-electron chi connectivity index (χ1n) is 5.63. The van der Waals surface area contributed by atoms with Gasteiger partial charge in [0.15, 0.2) is 11.9 Å². The predicted molar refractivity (Wildman–Crippen MR) is 60.0 cm³/mol. The van der Waals surface area contributed by atoms with Gasteiger partial charge in [-0.3, -0.25) is 0 Å². The molecule has 102 valence electrons. The van der Waals surface area contributed by atoms with Crippen molar-refractivity contribution < 1.29 is 25.2 Å². The number of hydrogen-bond acceptors (Lipinski definition) is 8. The lowest BCUT2D eigenvalue weighted by atomic mass is 10.1. The molecule has 1 aliphatic rings. The highest BCUT2D eigenvalue weighted by Gasteiger charge is 2.44. The molecule has 1 fully saturated rings. The summed E-state index contributed by atoms with van der Waals surface area (Å²) >= 11 is 0. The minimum Gasteiger partial charge on any atom is -0.493 e. The van der Waals surface area contributed by atoms with Gasteiger partial charge in [0.1, 0.15) is 30.0 Å². The molecule has 9 nitrogen and oxygen atoms in total. The number of fused-ring (bicyclic) bond motifs is 1. The molecule has 0 aliphatic carbocycles. The molecular weight excluding hydrogens is 256 g/mol. The van der Waals surface area contributed by atoms with Gasteiger partial charge in [-0.05, 0) is 0 Å². The van der Waals surface area contributed by atoms with Crippen LogP contribution < -0.4 is 0 Å². The lowest BCUT2D eigenvalue weighted by Gasteiger charge is -2.15. The quantitative estimate of drug-likeness (QED) is 0.498. The van der Waals surface area contributed by atoms with Crippen LogP contribution >= 0.6 is 0 Å². The van der Waals surface area contributed by atoms with Gasteiger partial charge < -0.3 is 25.2 Å². The minimum absolute atomic E-state index is 0.233. The second-order valence-electron chi connectivity index (χ2n) is 4.25. The fourth-order valence-electron chi connectivity index (χ4n) is 2.12. The Morgan fingerprint density at radius 1 is 1.26 bits per heavy atom. The van der Waals surface area contributed by atoms with E-state index in [1.807, 2.05) is 0 Å². The van der Waals surface area contributed by atoms with Crippen LogP contribution in [0.2, 0.25) is 0 Å². The van der Waals surface area contributed by atoms with Crippen molar-refractivity contribution in [2.45, 2.75) is 24.5 Å². The van der Waals surface area contributed by atoms with Crippen LogP contribution in [0.3, 0.4) is 0 Å². The lowest BCUT2D eigenvalue weighted by Crippen LogP contribution is -2.33. The van der Waals surface area contributed by atoms with Crippen molar-refractivity contribution in [1.29, 1.82) is 0 Å². The normalized spacial score (nSPS) is 31.1. The number of aromatic nitrogens is 4. The first-order valence-corrected chi connectivity index (χ1v) is 5.63. The fraction of sp³-hybridized carbons (Fsp3) is 0.500. The summed E-state index contributed by atoms with van der Waals surface area (Å²) in [5, 5.41) is 42.5. The van der Waals surface area contributed by atoms with Gasteiger partial charge in [-0.15, -0.1) is 0 Å². The third kappa shape index (κ3) is 1.75. The first-order chi connectivity index (χ1) is 9.13. The Kier molecular flexibility index (Phi) is 2.82. The molecule has 2 aromatic rings. The molecule has 9 heteroatoms. The Balaban J connectivity index is 2.04. The summed E-state index contributed by atoms with van der Waals surface area (Å²) in [6.07, 6.45) is -1.87.